The van der Waals surface area contributed by atoms with Gasteiger partial charge in [-0.15, -0.1) is 11.6 Å². The molecule has 14 heavy (non-hydrogen) atoms. The lowest BCUT2D eigenvalue weighted by molar-refractivity contribution is -0.137. The maximum absolute atomic E-state index is 11.9. The molecule has 0 radical (unpaired) electrons. The molecule has 84 valence electrons. The Morgan fingerprint density at radius 2 is 1.93 bits per heavy atom. The molecule has 1 rings (SSSR count). The summed E-state index contributed by atoms with van der Waals surface area (Å²) in [4.78, 5) is 1.86. The molecular formula is C9H15ClF3N. The number of hydrogen-bond donors (Lipinski definition) is 0. The molecule has 1 heterocycles. The Hall–Kier alpha value is 0.0400. The second-order valence-corrected chi connectivity index (χ2v) is 4.35. The van der Waals surface area contributed by atoms with Crippen LogP contribution < -0.4 is 0 Å². The lowest BCUT2D eigenvalue weighted by Crippen LogP contribution is -2.29. The van der Waals surface area contributed by atoms with Crippen LogP contribution in [0.2, 0.25) is 0 Å². The molecule has 0 saturated carbocycles. The molecule has 0 spiro atoms. The van der Waals surface area contributed by atoms with E-state index in [1.54, 1.807) is 0 Å². The second kappa shape index (κ2) is 5.21. The Balaban J connectivity index is 2.24. The highest BCUT2D eigenvalue weighted by atomic mass is 35.5. The van der Waals surface area contributed by atoms with Gasteiger partial charge in [-0.1, -0.05) is 0 Å². The predicted molar refractivity (Wildman–Crippen MR) is 50.6 cm³/mol. The molecule has 0 bridgehead atoms. The lowest BCUT2D eigenvalue weighted by atomic mass is 10.2. The summed E-state index contributed by atoms with van der Waals surface area (Å²) in [5.74, 6) is 0. The van der Waals surface area contributed by atoms with Gasteiger partial charge in [0.05, 0.1) is 6.42 Å². The van der Waals surface area contributed by atoms with Crippen molar-refractivity contribution >= 4 is 11.6 Å². The topological polar surface area (TPSA) is 3.24 Å². The highest BCUT2D eigenvalue weighted by Crippen LogP contribution is 2.21. The predicted octanol–water partition coefficient (Wildman–Crippen LogP) is 3.03. The minimum atomic E-state index is -4.04. The van der Waals surface area contributed by atoms with E-state index in [9.17, 15) is 13.2 Å². The van der Waals surface area contributed by atoms with Crippen LogP contribution in [0.5, 0.6) is 0 Å². The van der Waals surface area contributed by atoms with Crippen molar-refractivity contribution in [3.05, 3.63) is 0 Å². The summed E-state index contributed by atoms with van der Waals surface area (Å²) in [7, 11) is 0. The first-order valence-electron chi connectivity index (χ1n) is 4.90. The van der Waals surface area contributed by atoms with Gasteiger partial charge in [0.1, 0.15) is 0 Å². The minimum Gasteiger partial charge on any atom is -0.303 e. The van der Waals surface area contributed by atoms with Gasteiger partial charge in [-0.05, 0) is 32.4 Å². The molecule has 1 aliphatic rings. The fourth-order valence-corrected chi connectivity index (χ4v) is 1.88. The summed E-state index contributed by atoms with van der Waals surface area (Å²) in [6.45, 7) is 1.57. The molecule has 1 nitrogen and oxygen atoms in total. The Kier molecular flexibility index (Phi) is 4.51. The van der Waals surface area contributed by atoms with Gasteiger partial charge in [0.25, 0.3) is 0 Å². The molecule has 0 aromatic heterocycles. The Bertz CT molecular complexity index is 172. The largest absolute Gasteiger partial charge is 0.390 e. The quantitative estimate of drug-likeness (QED) is 0.658. The summed E-state index contributed by atoms with van der Waals surface area (Å²) < 4.78 is 35.8. The van der Waals surface area contributed by atoms with Crippen molar-refractivity contribution in [2.24, 2.45) is 0 Å². The van der Waals surface area contributed by atoms with Crippen LogP contribution in [0.25, 0.3) is 0 Å². The molecule has 1 unspecified atom stereocenters. The van der Waals surface area contributed by atoms with Crippen molar-refractivity contribution in [2.75, 3.05) is 19.6 Å². The molecule has 1 aliphatic heterocycles. The monoisotopic (exact) mass is 229 g/mol. The van der Waals surface area contributed by atoms with E-state index >= 15 is 0 Å². The fourth-order valence-electron chi connectivity index (χ4n) is 1.62. The van der Waals surface area contributed by atoms with Crippen molar-refractivity contribution < 1.29 is 13.2 Å². The van der Waals surface area contributed by atoms with E-state index in [0.29, 0.717) is 6.54 Å². The Morgan fingerprint density at radius 1 is 1.21 bits per heavy atom. The van der Waals surface area contributed by atoms with Crippen LogP contribution in [-0.4, -0.2) is 36.1 Å². The molecule has 1 atom stereocenters. The van der Waals surface area contributed by atoms with Crippen molar-refractivity contribution in [1.82, 2.24) is 4.90 Å². The zero-order chi connectivity index (χ0) is 10.6. The highest BCUT2D eigenvalue weighted by Gasteiger charge is 2.28. The average Bonchev–Trinajstić information content (AvgIpc) is 2.25. The van der Waals surface area contributed by atoms with E-state index in [0.717, 1.165) is 25.8 Å². The zero-order valence-corrected chi connectivity index (χ0v) is 8.74. The first kappa shape index (κ1) is 12.1. The van der Waals surface area contributed by atoms with E-state index in [-0.39, 0.29) is 11.9 Å². The number of likely N-dealkylation sites (tertiary alicyclic amines) is 1. The van der Waals surface area contributed by atoms with Gasteiger partial charge in [0.2, 0.25) is 0 Å². The molecule has 0 amide bonds. The normalized spacial score (nSPS) is 26.1. The molecule has 0 aromatic rings. The van der Waals surface area contributed by atoms with E-state index in [4.69, 9.17) is 11.6 Å². The maximum atomic E-state index is 11.9. The molecule has 0 N–H and O–H groups in total. The highest BCUT2D eigenvalue weighted by molar-refractivity contribution is 6.20. The van der Waals surface area contributed by atoms with Crippen LogP contribution in [-0.2, 0) is 0 Å². The molecular weight excluding hydrogens is 215 g/mol. The number of alkyl halides is 4. The van der Waals surface area contributed by atoms with Gasteiger partial charge in [0.15, 0.2) is 0 Å². The van der Waals surface area contributed by atoms with E-state index in [2.05, 4.69) is 0 Å². The van der Waals surface area contributed by atoms with Crippen LogP contribution in [0.3, 0.4) is 0 Å². The van der Waals surface area contributed by atoms with Crippen LogP contribution in [0.15, 0.2) is 0 Å². The van der Waals surface area contributed by atoms with Gasteiger partial charge < -0.3 is 4.90 Å². The van der Waals surface area contributed by atoms with Crippen LogP contribution in [0.1, 0.15) is 25.7 Å². The average molecular weight is 230 g/mol. The van der Waals surface area contributed by atoms with Crippen molar-refractivity contribution in [3.8, 4) is 0 Å². The Morgan fingerprint density at radius 3 is 2.57 bits per heavy atom. The van der Waals surface area contributed by atoms with Crippen molar-refractivity contribution in [1.29, 1.82) is 0 Å². The van der Waals surface area contributed by atoms with Crippen molar-refractivity contribution in [3.63, 3.8) is 0 Å². The number of nitrogens with zero attached hydrogens (tertiary/aromatic N) is 1. The zero-order valence-electron chi connectivity index (χ0n) is 7.99. The van der Waals surface area contributed by atoms with Gasteiger partial charge in [-0.25, -0.2) is 0 Å². The number of rotatable bonds is 2. The summed E-state index contributed by atoms with van der Waals surface area (Å²) in [5, 5.41) is 0.144. The maximum Gasteiger partial charge on any atom is 0.390 e. The third kappa shape index (κ3) is 5.05. The van der Waals surface area contributed by atoms with E-state index in [1.807, 2.05) is 4.90 Å². The summed E-state index contributed by atoms with van der Waals surface area (Å²) >= 11 is 5.93. The molecule has 0 aromatic carbocycles. The fraction of sp³-hybridized carbons (Fsp3) is 1.00. The molecule has 0 aliphatic carbocycles. The van der Waals surface area contributed by atoms with Gasteiger partial charge in [-0.3, -0.25) is 0 Å². The smallest absolute Gasteiger partial charge is 0.303 e. The van der Waals surface area contributed by atoms with Gasteiger partial charge in [-0.2, -0.15) is 13.2 Å². The van der Waals surface area contributed by atoms with E-state index < -0.39 is 12.6 Å². The first-order valence-corrected chi connectivity index (χ1v) is 5.34. The number of halogens is 4. The summed E-state index contributed by atoms with van der Waals surface area (Å²) in [6.07, 6.45) is -2.11. The van der Waals surface area contributed by atoms with Gasteiger partial charge in [0, 0.05) is 11.9 Å². The van der Waals surface area contributed by atoms with Crippen molar-refractivity contribution in [2.45, 2.75) is 37.2 Å². The molecule has 5 heteroatoms. The van der Waals surface area contributed by atoms with Crippen LogP contribution in [0, 0.1) is 0 Å². The number of hydrogen-bond acceptors (Lipinski definition) is 1. The lowest BCUT2D eigenvalue weighted by Gasteiger charge is -2.20. The second-order valence-electron chi connectivity index (χ2n) is 3.74. The molecule has 1 fully saturated rings. The van der Waals surface area contributed by atoms with E-state index in [1.165, 1.54) is 0 Å². The first-order chi connectivity index (χ1) is 6.47. The molecule has 1 saturated heterocycles. The minimum absolute atomic E-state index is 0.118. The SMILES string of the molecule is FC(F)(F)CCN1CCCC(Cl)CC1. The third-order valence-corrected chi connectivity index (χ3v) is 2.90. The van der Waals surface area contributed by atoms with Crippen LogP contribution in [0.4, 0.5) is 13.2 Å². The third-order valence-electron chi connectivity index (χ3n) is 2.46. The van der Waals surface area contributed by atoms with Crippen LogP contribution >= 0.6 is 11.6 Å². The Labute approximate surface area is 87.2 Å². The summed E-state index contributed by atoms with van der Waals surface area (Å²) in [5.41, 5.74) is 0. The standard InChI is InChI=1S/C9H15ClF3N/c10-8-2-1-5-14(6-3-8)7-4-9(11,12)13/h8H,1-7H2. The summed E-state index contributed by atoms with van der Waals surface area (Å²) in [6, 6.07) is 0. The van der Waals surface area contributed by atoms with Gasteiger partial charge >= 0.3 is 6.18 Å².